The largest absolute Gasteiger partial charge is 0.496 e. The highest BCUT2D eigenvalue weighted by Gasteiger charge is 2.25. The van der Waals surface area contributed by atoms with Gasteiger partial charge in [0.05, 0.1) is 14.2 Å². The van der Waals surface area contributed by atoms with Crippen LogP contribution in [0.4, 0.5) is 0 Å². The molecular weight excluding hydrogens is 338 g/mol. The van der Waals surface area contributed by atoms with Gasteiger partial charge in [0.15, 0.2) is 0 Å². The van der Waals surface area contributed by atoms with Gasteiger partial charge >= 0.3 is 0 Å². The second kappa shape index (κ2) is 10.0. The average Bonchev–Trinajstić information content (AvgIpc) is 2.68. The Morgan fingerprint density at radius 3 is 2.15 bits per heavy atom. The third kappa shape index (κ3) is 5.49. The zero-order chi connectivity index (χ0) is 19.8. The Kier molecular flexibility index (Phi) is 7.71. The van der Waals surface area contributed by atoms with Crippen LogP contribution in [0.25, 0.3) is 0 Å². The fraction of sp³-hybridized carbons (Fsp3) is 0.435. The van der Waals surface area contributed by atoms with E-state index in [0.29, 0.717) is 0 Å². The van der Waals surface area contributed by atoms with Crippen LogP contribution in [-0.4, -0.2) is 20.1 Å². The summed E-state index contributed by atoms with van der Waals surface area (Å²) in [7, 11) is 3.29. The molecule has 0 aliphatic carbocycles. The molecule has 2 N–H and O–H groups in total. The van der Waals surface area contributed by atoms with E-state index < -0.39 is 0 Å². The van der Waals surface area contributed by atoms with Crippen LogP contribution >= 0.6 is 0 Å². The van der Waals surface area contributed by atoms with Crippen molar-refractivity contribution in [2.75, 3.05) is 14.2 Å². The minimum Gasteiger partial charge on any atom is -0.496 e. The summed E-state index contributed by atoms with van der Waals surface area (Å²) < 4.78 is 10.9. The van der Waals surface area contributed by atoms with E-state index in [-0.39, 0.29) is 17.7 Å². The molecular formula is C23H31NO3. The first-order chi connectivity index (χ1) is 13.0. The quantitative estimate of drug-likeness (QED) is 0.621. The van der Waals surface area contributed by atoms with Gasteiger partial charge in [-0.2, -0.15) is 0 Å². The van der Waals surface area contributed by atoms with Crippen molar-refractivity contribution in [3.63, 3.8) is 0 Å². The van der Waals surface area contributed by atoms with Crippen LogP contribution in [-0.2, 0) is 11.2 Å². The Balaban J connectivity index is 2.06. The summed E-state index contributed by atoms with van der Waals surface area (Å²) in [6.45, 7) is 4.01. The Bertz CT molecular complexity index is 718. The lowest BCUT2D eigenvalue weighted by atomic mass is 9.83. The van der Waals surface area contributed by atoms with Gasteiger partial charge in [0.2, 0.25) is 5.91 Å². The van der Waals surface area contributed by atoms with Gasteiger partial charge in [-0.05, 0) is 55.4 Å². The van der Waals surface area contributed by atoms with Crippen molar-refractivity contribution < 1.29 is 14.3 Å². The molecule has 1 amide bonds. The molecule has 2 aromatic carbocycles. The molecule has 4 nitrogen and oxygen atoms in total. The minimum absolute atomic E-state index is 0.00243. The van der Waals surface area contributed by atoms with Gasteiger partial charge in [-0.15, -0.1) is 0 Å². The zero-order valence-electron chi connectivity index (χ0n) is 16.8. The van der Waals surface area contributed by atoms with E-state index in [4.69, 9.17) is 15.2 Å². The van der Waals surface area contributed by atoms with Crippen LogP contribution in [0.5, 0.6) is 11.5 Å². The van der Waals surface area contributed by atoms with Crippen LogP contribution in [0.1, 0.15) is 48.8 Å². The average molecular weight is 370 g/mol. The number of hydrogen-bond donors (Lipinski definition) is 1. The SMILES string of the molecule is COc1cc(C(C)C(CCCCc2ccccc2)C(N)=O)cc(OC)c1C. The summed E-state index contributed by atoms with van der Waals surface area (Å²) in [5.41, 5.74) is 9.03. The molecule has 2 rings (SSSR count). The summed E-state index contributed by atoms with van der Waals surface area (Å²) in [5.74, 6) is 1.08. The molecule has 146 valence electrons. The number of carbonyl (C=O) groups is 1. The first-order valence-corrected chi connectivity index (χ1v) is 9.53. The predicted octanol–water partition coefficient (Wildman–Crippen LogP) is 4.63. The smallest absolute Gasteiger partial charge is 0.221 e. The van der Waals surface area contributed by atoms with Crippen LogP contribution in [0.2, 0.25) is 0 Å². The Labute approximate surface area is 162 Å². The molecule has 2 atom stereocenters. The first kappa shape index (κ1) is 20.8. The van der Waals surface area contributed by atoms with Crippen LogP contribution in [0, 0.1) is 12.8 Å². The predicted molar refractivity (Wildman–Crippen MR) is 109 cm³/mol. The number of benzene rings is 2. The van der Waals surface area contributed by atoms with Gasteiger partial charge in [-0.3, -0.25) is 4.79 Å². The van der Waals surface area contributed by atoms with E-state index >= 15 is 0 Å². The maximum atomic E-state index is 12.1. The van der Waals surface area contributed by atoms with E-state index in [1.54, 1.807) is 14.2 Å². The third-order valence-corrected chi connectivity index (χ3v) is 5.34. The number of methoxy groups -OCH3 is 2. The van der Waals surface area contributed by atoms with Gasteiger partial charge in [-0.25, -0.2) is 0 Å². The number of primary amides is 1. The number of rotatable bonds is 10. The molecule has 0 spiro atoms. The van der Waals surface area contributed by atoms with E-state index in [0.717, 1.165) is 48.3 Å². The number of hydrogen-bond acceptors (Lipinski definition) is 3. The Morgan fingerprint density at radius 2 is 1.63 bits per heavy atom. The van der Waals surface area contributed by atoms with Gasteiger partial charge in [0.1, 0.15) is 11.5 Å². The van der Waals surface area contributed by atoms with E-state index in [9.17, 15) is 4.79 Å². The summed E-state index contributed by atoms with van der Waals surface area (Å²) in [6.07, 6.45) is 3.81. The van der Waals surface area contributed by atoms with Crippen molar-refractivity contribution in [3.05, 3.63) is 59.2 Å². The lowest BCUT2D eigenvalue weighted by Gasteiger charge is -2.23. The second-order valence-electron chi connectivity index (χ2n) is 7.08. The number of nitrogens with two attached hydrogens (primary N) is 1. The lowest BCUT2D eigenvalue weighted by molar-refractivity contribution is -0.122. The van der Waals surface area contributed by atoms with Gasteiger partial charge in [0.25, 0.3) is 0 Å². The molecule has 2 unspecified atom stereocenters. The summed E-state index contributed by atoms with van der Waals surface area (Å²) in [6, 6.07) is 14.4. The number of amides is 1. The topological polar surface area (TPSA) is 61.5 Å². The molecule has 2 aromatic rings. The van der Waals surface area contributed by atoms with Crippen molar-refractivity contribution in [1.82, 2.24) is 0 Å². The molecule has 0 saturated heterocycles. The molecule has 0 bridgehead atoms. The van der Waals surface area contributed by atoms with E-state index in [1.807, 2.05) is 25.1 Å². The number of unbranched alkanes of at least 4 members (excludes halogenated alkanes) is 1. The van der Waals surface area contributed by atoms with Crippen molar-refractivity contribution >= 4 is 5.91 Å². The highest BCUT2D eigenvalue weighted by atomic mass is 16.5. The normalized spacial score (nSPS) is 13.0. The zero-order valence-corrected chi connectivity index (χ0v) is 16.8. The summed E-state index contributed by atoms with van der Waals surface area (Å²) in [4.78, 5) is 12.1. The fourth-order valence-corrected chi connectivity index (χ4v) is 3.58. The standard InChI is InChI=1S/C23H31NO3/c1-16(19-14-21(26-3)17(2)22(15-19)27-4)20(23(24)25)13-9-8-12-18-10-6-5-7-11-18/h5-7,10-11,14-16,20H,8-9,12-13H2,1-4H3,(H2,24,25). The minimum atomic E-state index is -0.249. The number of carbonyl (C=O) groups excluding carboxylic acids is 1. The van der Waals surface area contributed by atoms with E-state index in [2.05, 4.69) is 31.2 Å². The molecule has 27 heavy (non-hydrogen) atoms. The first-order valence-electron chi connectivity index (χ1n) is 9.53. The summed E-state index contributed by atoms with van der Waals surface area (Å²) >= 11 is 0. The number of aryl methyl sites for hydroxylation is 1. The van der Waals surface area contributed by atoms with E-state index in [1.165, 1.54) is 5.56 Å². The molecule has 4 heteroatoms. The lowest BCUT2D eigenvalue weighted by Crippen LogP contribution is -2.27. The molecule has 0 aliphatic heterocycles. The maximum Gasteiger partial charge on any atom is 0.221 e. The molecule has 0 radical (unpaired) electrons. The molecule has 0 aromatic heterocycles. The second-order valence-corrected chi connectivity index (χ2v) is 7.08. The Hall–Kier alpha value is -2.49. The van der Waals surface area contributed by atoms with Crippen molar-refractivity contribution in [3.8, 4) is 11.5 Å². The van der Waals surface area contributed by atoms with Gasteiger partial charge in [0, 0.05) is 11.5 Å². The van der Waals surface area contributed by atoms with Crippen LogP contribution < -0.4 is 15.2 Å². The highest BCUT2D eigenvalue weighted by Crippen LogP contribution is 2.36. The van der Waals surface area contributed by atoms with Gasteiger partial charge < -0.3 is 15.2 Å². The van der Waals surface area contributed by atoms with Crippen molar-refractivity contribution in [2.24, 2.45) is 11.7 Å². The number of ether oxygens (including phenoxy) is 2. The molecule has 0 saturated carbocycles. The van der Waals surface area contributed by atoms with Gasteiger partial charge in [-0.1, -0.05) is 43.7 Å². The van der Waals surface area contributed by atoms with Crippen molar-refractivity contribution in [1.29, 1.82) is 0 Å². The molecule has 0 heterocycles. The maximum absolute atomic E-state index is 12.1. The van der Waals surface area contributed by atoms with Crippen LogP contribution in [0.15, 0.2) is 42.5 Å². The third-order valence-electron chi connectivity index (χ3n) is 5.34. The Morgan fingerprint density at radius 1 is 1.04 bits per heavy atom. The molecule has 0 fully saturated rings. The van der Waals surface area contributed by atoms with Crippen LogP contribution in [0.3, 0.4) is 0 Å². The monoisotopic (exact) mass is 369 g/mol. The summed E-state index contributed by atoms with van der Waals surface area (Å²) in [5, 5.41) is 0. The highest BCUT2D eigenvalue weighted by molar-refractivity contribution is 5.77. The van der Waals surface area contributed by atoms with Crippen molar-refractivity contribution in [2.45, 2.75) is 45.4 Å². The fourth-order valence-electron chi connectivity index (χ4n) is 3.58. The molecule has 0 aliphatic rings.